The summed E-state index contributed by atoms with van der Waals surface area (Å²) in [4.78, 5) is 8.91. The molecule has 0 aliphatic heterocycles. The number of nitrogens with zero attached hydrogens (tertiary/aromatic N) is 2. The fourth-order valence-electron chi connectivity index (χ4n) is 3.23. The molecule has 0 aliphatic rings. The molecule has 0 spiro atoms. The summed E-state index contributed by atoms with van der Waals surface area (Å²) >= 11 is 0. The van der Waals surface area contributed by atoms with E-state index in [1.807, 2.05) is 24.5 Å². The lowest BCUT2D eigenvalue weighted by molar-refractivity contribution is 0.294. The van der Waals surface area contributed by atoms with Crippen LogP contribution in [0.2, 0.25) is 0 Å². The molecule has 2 aromatic heterocycles. The number of rotatable bonds is 10. The molecule has 25 heavy (non-hydrogen) atoms. The Balaban J connectivity index is 1.50. The minimum absolute atomic E-state index is 0.722. The SMILES string of the molecule is CCCCCCCCCCOc1ccc2ccc3cnccc3c2n1. The molecule has 3 rings (SSSR count). The first-order chi connectivity index (χ1) is 12.4. The summed E-state index contributed by atoms with van der Waals surface area (Å²) in [6.07, 6.45) is 14.2. The highest BCUT2D eigenvalue weighted by Gasteiger charge is 2.04. The van der Waals surface area contributed by atoms with Gasteiger partial charge in [-0.1, -0.05) is 64.0 Å². The van der Waals surface area contributed by atoms with Crippen molar-refractivity contribution in [3.63, 3.8) is 0 Å². The van der Waals surface area contributed by atoms with Crippen molar-refractivity contribution in [2.24, 2.45) is 0 Å². The molecule has 0 N–H and O–H groups in total. The fourth-order valence-corrected chi connectivity index (χ4v) is 3.23. The van der Waals surface area contributed by atoms with Gasteiger partial charge in [-0.25, -0.2) is 4.98 Å². The van der Waals surface area contributed by atoms with Gasteiger partial charge in [0.15, 0.2) is 0 Å². The van der Waals surface area contributed by atoms with Crippen LogP contribution in [0.1, 0.15) is 58.3 Å². The Morgan fingerprint density at radius 1 is 0.800 bits per heavy atom. The van der Waals surface area contributed by atoms with E-state index >= 15 is 0 Å². The van der Waals surface area contributed by atoms with E-state index in [2.05, 4.69) is 30.1 Å². The highest BCUT2D eigenvalue weighted by molar-refractivity contribution is 6.04. The van der Waals surface area contributed by atoms with Crippen LogP contribution in [-0.2, 0) is 0 Å². The number of unbranched alkanes of at least 4 members (excludes halogenated alkanes) is 7. The van der Waals surface area contributed by atoms with Crippen molar-refractivity contribution in [1.29, 1.82) is 0 Å². The van der Waals surface area contributed by atoms with Gasteiger partial charge >= 0.3 is 0 Å². The molecule has 0 radical (unpaired) electrons. The number of fused-ring (bicyclic) bond motifs is 3. The third-order valence-electron chi connectivity index (χ3n) is 4.70. The van der Waals surface area contributed by atoms with Gasteiger partial charge < -0.3 is 4.74 Å². The molecule has 0 saturated carbocycles. The minimum atomic E-state index is 0.722. The summed E-state index contributed by atoms with van der Waals surface area (Å²) in [5, 5.41) is 3.38. The molecule has 0 amide bonds. The number of hydrogen-bond acceptors (Lipinski definition) is 3. The zero-order chi connectivity index (χ0) is 17.3. The maximum atomic E-state index is 5.88. The second kappa shape index (κ2) is 9.36. The van der Waals surface area contributed by atoms with Crippen molar-refractivity contribution in [2.75, 3.05) is 6.61 Å². The molecular formula is C22H28N2O. The Kier molecular flexibility index (Phi) is 6.61. The predicted octanol–water partition coefficient (Wildman–Crippen LogP) is 6.30. The molecule has 3 nitrogen and oxygen atoms in total. The summed E-state index contributed by atoms with van der Waals surface area (Å²) < 4.78 is 5.88. The Morgan fingerprint density at radius 3 is 2.36 bits per heavy atom. The average Bonchev–Trinajstić information content (AvgIpc) is 2.66. The van der Waals surface area contributed by atoms with Crippen LogP contribution in [0.4, 0.5) is 0 Å². The largest absolute Gasteiger partial charge is 0.478 e. The van der Waals surface area contributed by atoms with Gasteiger partial charge in [0, 0.05) is 34.6 Å². The summed E-state index contributed by atoms with van der Waals surface area (Å²) in [7, 11) is 0. The van der Waals surface area contributed by atoms with E-state index in [0.29, 0.717) is 0 Å². The lowest BCUT2D eigenvalue weighted by Gasteiger charge is -2.08. The first-order valence-electron chi connectivity index (χ1n) is 9.65. The van der Waals surface area contributed by atoms with E-state index in [1.54, 1.807) is 0 Å². The Bertz CT molecular complexity index is 800. The van der Waals surface area contributed by atoms with E-state index in [0.717, 1.165) is 40.6 Å². The zero-order valence-corrected chi connectivity index (χ0v) is 15.2. The van der Waals surface area contributed by atoms with Gasteiger partial charge in [-0.3, -0.25) is 4.98 Å². The van der Waals surface area contributed by atoms with Crippen molar-refractivity contribution in [3.8, 4) is 5.88 Å². The molecule has 1 aromatic carbocycles. The molecule has 0 fully saturated rings. The molecular weight excluding hydrogens is 308 g/mol. The van der Waals surface area contributed by atoms with Crippen LogP contribution in [0.25, 0.3) is 21.7 Å². The Labute approximate surface area is 150 Å². The third kappa shape index (κ3) is 4.91. The van der Waals surface area contributed by atoms with Gasteiger partial charge in [0.1, 0.15) is 0 Å². The number of benzene rings is 1. The minimum Gasteiger partial charge on any atom is -0.478 e. The van der Waals surface area contributed by atoms with Gasteiger partial charge in [-0.05, 0) is 18.6 Å². The molecule has 0 atom stereocenters. The van der Waals surface area contributed by atoms with Crippen molar-refractivity contribution in [3.05, 3.63) is 42.7 Å². The number of ether oxygens (including phenoxy) is 1. The molecule has 0 aliphatic carbocycles. The standard InChI is InChI=1S/C22H28N2O/c1-2-3-4-5-6-7-8-9-16-25-21-13-12-18-10-11-19-17-23-15-14-20(19)22(18)24-21/h10-15,17H,2-9,16H2,1H3. The highest BCUT2D eigenvalue weighted by atomic mass is 16.5. The maximum absolute atomic E-state index is 5.88. The molecule has 0 saturated heterocycles. The average molecular weight is 336 g/mol. The van der Waals surface area contributed by atoms with Gasteiger partial charge in [-0.2, -0.15) is 0 Å². The Hall–Kier alpha value is -2.16. The van der Waals surface area contributed by atoms with Crippen LogP contribution in [0.5, 0.6) is 5.88 Å². The highest BCUT2D eigenvalue weighted by Crippen LogP contribution is 2.25. The molecule has 0 unspecified atom stereocenters. The van der Waals surface area contributed by atoms with Crippen molar-refractivity contribution >= 4 is 21.7 Å². The second-order valence-corrected chi connectivity index (χ2v) is 6.71. The lowest BCUT2D eigenvalue weighted by atomic mass is 10.1. The summed E-state index contributed by atoms with van der Waals surface area (Å²) in [6, 6.07) is 10.3. The third-order valence-corrected chi connectivity index (χ3v) is 4.70. The van der Waals surface area contributed by atoms with E-state index in [1.165, 1.54) is 44.9 Å². The summed E-state index contributed by atoms with van der Waals surface area (Å²) in [5.41, 5.74) is 0.994. The molecule has 0 bridgehead atoms. The van der Waals surface area contributed by atoms with Crippen LogP contribution in [0.15, 0.2) is 42.7 Å². The van der Waals surface area contributed by atoms with Gasteiger partial charge in [-0.15, -0.1) is 0 Å². The van der Waals surface area contributed by atoms with E-state index < -0.39 is 0 Å². The normalized spacial score (nSPS) is 11.2. The smallest absolute Gasteiger partial charge is 0.213 e. The summed E-state index contributed by atoms with van der Waals surface area (Å²) in [6.45, 7) is 3.01. The quantitative estimate of drug-likeness (QED) is 0.322. The fraction of sp³-hybridized carbons (Fsp3) is 0.455. The van der Waals surface area contributed by atoms with Crippen LogP contribution in [0.3, 0.4) is 0 Å². The van der Waals surface area contributed by atoms with E-state index in [4.69, 9.17) is 9.72 Å². The van der Waals surface area contributed by atoms with Crippen LogP contribution >= 0.6 is 0 Å². The first-order valence-corrected chi connectivity index (χ1v) is 9.65. The monoisotopic (exact) mass is 336 g/mol. The van der Waals surface area contributed by atoms with E-state index in [9.17, 15) is 0 Å². The molecule has 3 aromatic rings. The van der Waals surface area contributed by atoms with Crippen molar-refractivity contribution in [2.45, 2.75) is 58.3 Å². The van der Waals surface area contributed by atoms with E-state index in [-0.39, 0.29) is 0 Å². The number of aromatic nitrogens is 2. The van der Waals surface area contributed by atoms with Crippen LogP contribution < -0.4 is 4.74 Å². The maximum Gasteiger partial charge on any atom is 0.213 e. The number of pyridine rings is 2. The van der Waals surface area contributed by atoms with Gasteiger partial charge in [0.2, 0.25) is 5.88 Å². The summed E-state index contributed by atoms with van der Waals surface area (Å²) in [5.74, 6) is 0.722. The first kappa shape index (κ1) is 17.7. The number of hydrogen-bond donors (Lipinski definition) is 0. The lowest BCUT2D eigenvalue weighted by Crippen LogP contribution is -1.99. The predicted molar refractivity (Wildman–Crippen MR) is 105 cm³/mol. The van der Waals surface area contributed by atoms with Crippen LogP contribution in [-0.4, -0.2) is 16.6 Å². The van der Waals surface area contributed by atoms with Gasteiger partial charge in [0.05, 0.1) is 12.1 Å². The zero-order valence-electron chi connectivity index (χ0n) is 15.2. The van der Waals surface area contributed by atoms with Crippen molar-refractivity contribution in [1.82, 2.24) is 9.97 Å². The Morgan fingerprint density at radius 2 is 1.52 bits per heavy atom. The molecule has 132 valence electrons. The van der Waals surface area contributed by atoms with Crippen LogP contribution in [0, 0.1) is 0 Å². The molecule has 2 heterocycles. The molecule has 3 heteroatoms. The topological polar surface area (TPSA) is 35.0 Å². The second-order valence-electron chi connectivity index (χ2n) is 6.71. The van der Waals surface area contributed by atoms with Gasteiger partial charge in [0.25, 0.3) is 0 Å². The van der Waals surface area contributed by atoms with Crippen molar-refractivity contribution < 1.29 is 4.74 Å².